The van der Waals surface area contributed by atoms with Crippen LogP contribution in [0.1, 0.15) is 41.1 Å². The fourth-order valence-electron chi connectivity index (χ4n) is 3.74. The molecule has 0 aromatic heterocycles. The van der Waals surface area contributed by atoms with Crippen LogP contribution in [0.5, 0.6) is 0 Å². The van der Waals surface area contributed by atoms with Gasteiger partial charge in [-0.25, -0.2) is 4.79 Å². The normalized spacial score (nSPS) is 13.6. The van der Waals surface area contributed by atoms with Crippen LogP contribution in [0.15, 0.2) is 78.9 Å². The van der Waals surface area contributed by atoms with E-state index < -0.39 is 6.04 Å². The number of halogens is 1. The summed E-state index contributed by atoms with van der Waals surface area (Å²) in [5, 5.41) is 13.5. The summed E-state index contributed by atoms with van der Waals surface area (Å²) in [6, 6.07) is 26.5. The zero-order valence-electron chi connectivity index (χ0n) is 17.6. The maximum atomic E-state index is 12.6. The van der Waals surface area contributed by atoms with Crippen molar-refractivity contribution in [2.45, 2.75) is 31.3 Å². The highest BCUT2D eigenvalue weighted by molar-refractivity contribution is 6.30. The van der Waals surface area contributed by atoms with Crippen LogP contribution in [-0.2, 0) is 16.0 Å². The first-order chi connectivity index (χ1) is 15.0. The molecule has 3 rings (SSSR count). The number of hydrogen-bond acceptors (Lipinski definition) is 4. The second kappa shape index (κ2) is 10.8. The third-order valence-corrected chi connectivity index (χ3v) is 5.67. The molecule has 0 aliphatic rings. The standard InChI is InChI=1S/C26H25ClN2O2/c1-18(29-25(26(30)31-2)21-8-4-3-5-9-21)24(16-19-11-13-23(27)14-12-19)22-10-6-7-20(15-22)17-28/h3-15,18,24-25,29H,16H2,1-2H3. The molecule has 0 aliphatic carbocycles. The average molecular weight is 433 g/mol. The molecule has 0 saturated heterocycles. The van der Waals surface area contributed by atoms with Crippen molar-refractivity contribution in [3.05, 3.63) is 106 Å². The summed E-state index contributed by atoms with van der Waals surface area (Å²) in [6.45, 7) is 2.05. The molecule has 0 spiro atoms. The molecule has 158 valence electrons. The summed E-state index contributed by atoms with van der Waals surface area (Å²) in [7, 11) is 1.40. The molecule has 0 heterocycles. The van der Waals surface area contributed by atoms with Gasteiger partial charge in [-0.3, -0.25) is 5.32 Å². The molecule has 0 bridgehead atoms. The van der Waals surface area contributed by atoms with Gasteiger partial charge in [0.25, 0.3) is 0 Å². The Balaban J connectivity index is 1.93. The van der Waals surface area contributed by atoms with Crippen molar-refractivity contribution in [1.29, 1.82) is 5.26 Å². The predicted molar refractivity (Wildman–Crippen MR) is 123 cm³/mol. The average Bonchev–Trinajstić information content (AvgIpc) is 2.82. The molecule has 4 nitrogen and oxygen atoms in total. The summed E-state index contributed by atoms with van der Waals surface area (Å²) in [4.78, 5) is 12.6. The van der Waals surface area contributed by atoms with Crippen LogP contribution < -0.4 is 5.32 Å². The summed E-state index contributed by atoms with van der Waals surface area (Å²) in [6.07, 6.45) is 0.725. The molecule has 5 heteroatoms. The van der Waals surface area contributed by atoms with Gasteiger partial charge in [0, 0.05) is 17.0 Å². The Morgan fingerprint density at radius 3 is 2.35 bits per heavy atom. The zero-order chi connectivity index (χ0) is 22.2. The van der Waals surface area contributed by atoms with Gasteiger partial charge in [0.15, 0.2) is 0 Å². The smallest absolute Gasteiger partial charge is 0.327 e. The number of nitrogens with one attached hydrogen (secondary N) is 1. The molecular formula is C26H25ClN2O2. The van der Waals surface area contributed by atoms with E-state index >= 15 is 0 Å². The lowest BCUT2D eigenvalue weighted by molar-refractivity contribution is -0.143. The van der Waals surface area contributed by atoms with Crippen LogP contribution in [0.3, 0.4) is 0 Å². The third-order valence-electron chi connectivity index (χ3n) is 5.42. The third kappa shape index (κ3) is 5.95. The molecule has 0 aliphatic heterocycles. The minimum absolute atomic E-state index is 0.0188. The van der Waals surface area contributed by atoms with Crippen molar-refractivity contribution in [3.8, 4) is 6.07 Å². The molecular weight excluding hydrogens is 408 g/mol. The highest BCUT2D eigenvalue weighted by Gasteiger charge is 2.28. The van der Waals surface area contributed by atoms with Crippen LogP contribution >= 0.6 is 11.6 Å². The van der Waals surface area contributed by atoms with Gasteiger partial charge in [-0.2, -0.15) is 5.26 Å². The number of methoxy groups -OCH3 is 1. The van der Waals surface area contributed by atoms with Gasteiger partial charge >= 0.3 is 5.97 Å². The molecule has 0 saturated carbocycles. The van der Waals surface area contributed by atoms with E-state index in [0.29, 0.717) is 10.6 Å². The first kappa shape index (κ1) is 22.6. The van der Waals surface area contributed by atoms with Crippen LogP contribution in [-0.4, -0.2) is 19.1 Å². The molecule has 3 aromatic rings. The Morgan fingerprint density at radius 2 is 1.71 bits per heavy atom. The second-order valence-corrected chi connectivity index (χ2v) is 7.93. The summed E-state index contributed by atoms with van der Waals surface area (Å²) in [5.41, 5.74) is 3.61. The zero-order valence-corrected chi connectivity index (χ0v) is 18.3. The van der Waals surface area contributed by atoms with Crippen LogP contribution in [0, 0.1) is 11.3 Å². The van der Waals surface area contributed by atoms with Crippen molar-refractivity contribution in [1.82, 2.24) is 5.32 Å². The second-order valence-electron chi connectivity index (χ2n) is 7.50. The number of esters is 1. The highest BCUT2D eigenvalue weighted by Crippen LogP contribution is 2.28. The number of ether oxygens (including phenoxy) is 1. The fraction of sp³-hybridized carbons (Fsp3) is 0.231. The lowest BCUT2D eigenvalue weighted by Crippen LogP contribution is -2.40. The van der Waals surface area contributed by atoms with Crippen molar-refractivity contribution >= 4 is 17.6 Å². The number of nitrogens with zero attached hydrogens (tertiary/aromatic N) is 1. The highest BCUT2D eigenvalue weighted by atomic mass is 35.5. The van der Waals surface area contributed by atoms with Gasteiger partial charge in [0.2, 0.25) is 0 Å². The predicted octanol–water partition coefficient (Wildman–Crippen LogP) is 5.43. The molecule has 0 radical (unpaired) electrons. The molecule has 3 atom stereocenters. The largest absolute Gasteiger partial charge is 0.468 e. The molecule has 3 unspecified atom stereocenters. The van der Waals surface area contributed by atoms with E-state index in [1.165, 1.54) is 7.11 Å². The van der Waals surface area contributed by atoms with Crippen LogP contribution in [0.25, 0.3) is 0 Å². The number of hydrogen-bond donors (Lipinski definition) is 1. The van der Waals surface area contributed by atoms with Gasteiger partial charge in [-0.05, 0) is 54.3 Å². The van der Waals surface area contributed by atoms with E-state index in [1.54, 1.807) is 6.07 Å². The van der Waals surface area contributed by atoms with Gasteiger partial charge in [0.1, 0.15) is 6.04 Å². The van der Waals surface area contributed by atoms with Crippen molar-refractivity contribution in [3.63, 3.8) is 0 Å². The summed E-state index contributed by atoms with van der Waals surface area (Å²) >= 11 is 6.06. The van der Waals surface area contributed by atoms with E-state index in [4.69, 9.17) is 16.3 Å². The Kier molecular flexibility index (Phi) is 7.83. The molecule has 0 amide bonds. The Morgan fingerprint density at radius 1 is 1.03 bits per heavy atom. The monoisotopic (exact) mass is 432 g/mol. The van der Waals surface area contributed by atoms with Crippen LogP contribution in [0.4, 0.5) is 0 Å². The van der Waals surface area contributed by atoms with E-state index in [0.717, 1.165) is 23.1 Å². The van der Waals surface area contributed by atoms with E-state index in [2.05, 4.69) is 18.3 Å². The fourth-order valence-corrected chi connectivity index (χ4v) is 3.87. The molecule has 3 aromatic carbocycles. The van der Waals surface area contributed by atoms with Crippen molar-refractivity contribution in [2.75, 3.05) is 7.11 Å². The summed E-state index contributed by atoms with van der Waals surface area (Å²) in [5.74, 6) is -0.320. The maximum absolute atomic E-state index is 12.6. The number of benzene rings is 3. The lowest BCUT2D eigenvalue weighted by atomic mass is 9.85. The van der Waals surface area contributed by atoms with E-state index in [9.17, 15) is 10.1 Å². The minimum atomic E-state index is -0.590. The first-order valence-electron chi connectivity index (χ1n) is 10.1. The topological polar surface area (TPSA) is 62.1 Å². The number of rotatable bonds is 8. The first-order valence-corrected chi connectivity index (χ1v) is 10.5. The van der Waals surface area contributed by atoms with E-state index in [1.807, 2.05) is 72.8 Å². The number of carbonyl (C=O) groups excluding carboxylic acids is 1. The molecule has 1 N–H and O–H groups in total. The van der Waals surface area contributed by atoms with Crippen molar-refractivity contribution < 1.29 is 9.53 Å². The molecule has 31 heavy (non-hydrogen) atoms. The van der Waals surface area contributed by atoms with Gasteiger partial charge < -0.3 is 4.74 Å². The minimum Gasteiger partial charge on any atom is -0.468 e. The number of carbonyl (C=O) groups is 1. The van der Waals surface area contributed by atoms with E-state index in [-0.39, 0.29) is 17.9 Å². The summed E-state index contributed by atoms with van der Waals surface area (Å²) < 4.78 is 5.06. The maximum Gasteiger partial charge on any atom is 0.327 e. The van der Waals surface area contributed by atoms with Gasteiger partial charge in [-0.15, -0.1) is 0 Å². The molecule has 0 fully saturated rings. The lowest BCUT2D eigenvalue weighted by Gasteiger charge is -2.29. The Hall–Kier alpha value is -3.13. The van der Waals surface area contributed by atoms with Gasteiger partial charge in [0.05, 0.1) is 18.7 Å². The van der Waals surface area contributed by atoms with Gasteiger partial charge in [-0.1, -0.05) is 66.2 Å². The Bertz CT molecular complexity index is 1050. The van der Waals surface area contributed by atoms with Crippen molar-refractivity contribution in [2.24, 2.45) is 0 Å². The quantitative estimate of drug-likeness (QED) is 0.482. The number of nitriles is 1. The Labute approximate surface area is 188 Å². The van der Waals surface area contributed by atoms with Crippen LogP contribution in [0.2, 0.25) is 5.02 Å². The SMILES string of the molecule is COC(=O)C(NC(C)C(Cc1ccc(Cl)cc1)c1cccc(C#N)c1)c1ccccc1.